The number of nitrogens with one attached hydrogen (secondary N) is 2. The molecule has 30 heavy (non-hydrogen) atoms. The van der Waals surface area contributed by atoms with Crippen molar-refractivity contribution < 1.29 is 9.59 Å². The normalized spacial score (nSPS) is 14.7. The van der Waals surface area contributed by atoms with Gasteiger partial charge in [0.05, 0.1) is 22.8 Å². The fourth-order valence-corrected chi connectivity index (χ4v) is 4.23. The molecule has 6 nitrogen and oxygen atoms in total. The highest BCUT2D eigenvalue weighted by atomic mass is 32.1. The molecule has 2 amide bonds. The summed E-state index contributed by atoms with van der Waals surface area (Å²) in [5.74, 6) is -0.171. The minimum absolute atomic E-state index is 0.0324. The average molecular weight is 423 g/mol. The van der Waals surface area contributed by atoms with Crippen molar-refractivity contribution >= 4 is 39.1 Å². The lowest BCUT2D eigenvalue weighted by Gasteiger charge is -2.23. The van der Waals surface area contributed by atoms with Crippen LogP contribution in [0.4, 0.5) is 5.69 Å². The van der Waals surface area contributed by atoms with Crippen molar-refractivity contribution in [3.8, 4) is 10.6 Å². The van der Waals surface area contributed by atoms with E-state index in [2.05, 4.69) is 29.7 Å². The molecule has 1 saturated carbocycles. The first kappa shape index (κ1) is 20.5. The Labute approximate surface area is 180 Å². The van der Waals surface area contributed by atoms with E-state index in [9.17, 15) is 9.59 Å². The van der Waals surface area contributed by atoms with Crippen LogP contribution < -0.4 is 10.6 Å². The number of aromatic nitrogens is 1. The summed E-state index contributed by atoms with van der Waals surface area (Å²) in [5, 5.41) is 6.84. The molecule has 4 rings (SSSR count). The molecule has 1 aromatic heterocycles. The van der Waals surface area contributed by atoms with Gasteiger partial charge in [-0.15, -0.1) is 11.3 Å². The van der Waals surface area contributed by atoms with Gasteiger partial charge in [-0.2, -0.15) is 0 Å². The quantitative estimate of drug-likeness (QED) is 0.607. The summed E-state index contributed by atoms with van der Waals surface area (Å²) in [5.41, 5.74) is 3.97. The van der Waals surface area contributed by atoms with Gasteiger partial charge in [-0.1, -0.05) is 6.07 Å². The molecule has 0 unspecified atom stereocenters. The van der Waals surface area contributed by atoms with E-state index >= 15 is 0 Å². The van der Waals surface area contributed by atoms with Crippen molar-refractivity contribution in [1.82, 2.24) is 15.2 Å². The topological polar surface area (TPSA) is 74.3 Å². The number of benzene rings is 2. The fraction of sp³-hybridized carbons (Fsp3) is 0.348. The molecule has 156 valence electrons. The van der Waals surface area contributed by atoms with E-state index in [0.717, 1.165) is 34.6 Å². The Bertz CT molecular complexity index is 1070. The molecule has 3 aromatic rings. The van der Waals surface area contributed by atoms with Gasteiger partial charge in [0.25, 0.3) is 0 Å². The molecule has 0 bridgehead atoms. The van der Waals surface area contributed by atoms with Crippen LogP contribution in [0, 0.1) is 6.92 Å². The van der Waals surface area contributed by atoms with E-state index in [4.69, 9.17) is 4.98 Å². The highest BCUT2D eigenvalue weighted by Crippen LogP contribution is 2.31. The predicted octanol–water partition coefficient (Wildman–Crippen LogP) is 3.81. The largest absolute Gasteiger partial charge is 0.352 e. The van der Waals surface area contributed by atoms with Crippen LogP contribution in [0.25, 0.3) is 20.8 Å². The van der Waals surface area contributed by atoms with Crippen LogP contribution in [-0.4, -0.2) is 47.4 Å². The Hall–Kier alpha value is -2.77. The highest BCUT2D eigenvalue weighted by Gasteiger charge is 2.25. The summed E-state index contributed by atoms with van der Waals surface area (Å²) in [6, 6.07) is 13.9. The predicted molar refractivity (Wildman–Crippen MR) is 122 cm³/mol. The summed E-state index contributed by atoms with van der Waals surface area (Å²) in [6.45, 7) is 4.09. The summed E-state index contributed by atoms with van der Waals surface area (Å²) in [6.07, 6.45) is 2.11. The fourth-order valence-electron chi connectivity index (χ4n) is 3.16. The zero-order valence-electron chi connectivity index (χ0n) is 17.4. The van der Waals surface area contributed by atoms with E-state index in [1.54, 1.807) is 30.2 Å². The van der Waals surface area contributed by atoms with E-state index in [1.807, 2.05) is 30.3 Å². The third kappa shape index (κ3) is 4.86. The van der Waals surface area contributed by atoms with Crippen molar-refractivity contribution in [3.63, 3.8) is 0 Å². The monoisotopic (exact) mass is 422 g/mol. The number of fused-ring (bicyclic) bond motifs is 1. The Morgan fingerprint density at radius 3 is 2.63 bits per heavy atom. The van der Waals surface area contributed by atoms with Gasteiger partial charge in [-0.25, -0.2) is 4.98 Å². The highest BCUT2D eigenvalue weighted by molar-refractivity contribution is 7.21. The first-order valence-corrected chi connectivity index (χ1v) is 11.0. The Kier molecular flexibility index (Phi) is 5.83. The minimum Gasteiger partial charge on any atom is -0.352 e. The number of aryl methyl sites for hydroxylation is 1. The van der Waals surface area contributed by atoms with Gasteiger partial charge in [-0.3, -0.25) is 14.5 Å². The molecular formula is C23H26N4O2S. The van der Waals surface area contributed by atoms with Crippen molar-refractivity contribution in [2.45, 2.75) is 38.8 Å². The number of thiazole rings is 1. The van der Waals surface area contributed by atoms with Crippen LogP contribution in [0.3, 0.4) is 0 Å². The Morgan fingerprint density at radius 1 is 1.20 bits per heavy atom. The molecule has 1 atom stereocenters. The van der Waals surface area contributed by atoms with Gasteiger partial charge in [0, 0.05) is 17.3 Å². The number of hydrogen-bond acceptors (Lipinski definition) is 5. The first-order chi connectivity index (χ1) is 14.4. The van der Waals surface area contributed by atoms with Crippen LogP contribution in [-0.2, 0) is 9.59 Å². The SMILES string of the molecule is Cc1ccc2nc(-c3ccc(NC(=O)[C@@H](C)N(C)CC(=O)NC4CC4)cc3)sc2c1. The summed E-state index contributed by atoms with van der Waals surface area (Å²) in [4.78, 5) is 31.0. The number of likely N-dealkylation sites (N-methyl/N-ethyl adjacent to an activating group) is 1. The lowest BCUT2D eigenvalue weighted by Crippen LogP contribution is -2.45. The lowest BCUT2D eigenvalue weighted by atomic mass is 10.2. The zero-order chi connectivity index (χ0) is 21.3. The zero-order valence-corrected chi connectivity index (χ0v) is 18.3. The third-order valence-electron chi connectivity index (χ3n) is 5.32. The van der Waals surface area contributed by atoms with Crippen LogP contribution in [0.5, 0.6) is 0 Å². The molecule has 1 aliphatic rings. The molecule has 1 fully saturated rings. The molecule has 0 spiro atoms. The second-order valence-electron chi connectivity index (χ2n) is 7.99. The van der Waals surface area contributed by atoms with Crippen LogP contribution in [0.15, 0.2) is 42.5 Å². The molecule has 0 aliphatic heterocycles. The molecule has 0 radical (unpaired) electrons. The summed E-state index contributed by atoms with van der Waals surface area (Å²) < 4.78 is 1.17. The maximum atomic E-state index is 12.6. The van der Waals surface area contributed by atoms with Crippen LogP contribution in [0.2, 0.25) is 0 Å². The Morgan fingerprint density at radius 2 is 1.93 bits per heavy atom. The maximum Gasteiger partial charge on any atom is 0.241 e. The summed E-state index contributed by atoms with van der Waals surface area (Å²) >= 11 is 1.66. The maximum absolute atomic E-state index is 12.6. The smallest absolute Gasteiger partial charge is 0.241 e. The van der Waals surface area contributed by atoms with Crippen molar-refractivity contribution in [2.24, 2.45) is 0 Å². The molecule has 1 aliphatic carbocycles. The van der Waals surface area contributed by atoms with Gasteiger partial charge in [0.15, 0.2) is 0 Å². The lowest BCUT2D eigenvalue weighted by molar-refractivity contribution is -0.124. The standard InChI is InChI=1S/C23H26N4O2S/c1-14-4-11-19-20(12-14)30-23(26-19)16-5-7-18(8-6-16)25-22(29)15(2)27(3)13-21(28)24-17-9-10-17/h4-8,11-12,15,17H,9-10,13H2,1-3H3,(H,24,28)(H,25,29)/t15-/m1/s1. The molecule has 2 N–H and O–H groups in total. The number of rotatable bonds is 7. The van der Waals surface area contributed by atoms with Crippen molar-refractivity contribution in [1.29, 1.82) is 0 Å². The molecule has 2 aromatic carbocycles. The van der Waals surface area contributed by atoms with E-state index in [0.29, 0.717) is 6.04 Å². The minimum atomic E-state index is -0.415. The number of carbonyl (C=O) groups excluding carboxylic acids is 2. The summed E-state index contributed by atoms with van der Waals surface area (Å²) in [7, 11) is 1.79. The number of carbonyl (C=O) groups is 2. The Balaban J connectivity index is 1.37. The van der Waals surface area contributed by atoms with Crippen molar-refractivity contribution in [3.05, 3.63) is 48.0 Å². The van der Waals surface area contributed by atoms with Gasteiger partial charge >= 0.3 is 0 Å². The van der Waals surface area contributed by atoms with E-state index in [1.165, 1.54) is 10.3 Å². The second kappa shape index (κ2) is 8.53. The second-order valence-corrected chi connectivity index (χ2v) is 9.02. The van der Waals surface area contributed by atoms with Gasteiger partial charge in [0.2, 0.25) is 11.8 Å². The molecular weight excluding hydrogens is 396 g/mol. The number of nitrogens with zero attached hydrogens (tertiary/aromatic N) is 2. The van der Waals surface area contributed by atoms with E-state index < -0.39 is 6.04 Å². The molecule has 0 saturated heterocycles. The van der Waals surface area contributed by atoms with Crippen molar-refractivity contribution in [2.75, 3.05) is 18.9 Å². The van der Waals surface area contributed by atoms with Crippen LogP contribution >= 0.6 is 11.3 Å². The number of amides is 2. The first-order valence-electron chi connectivity index (χ1n) is 10.2. The molecule has 7 heteroatoms. The van der Waals surface area contributed by atoms with Gasteiger partial charge < -0.3 is 10.6 Å². The van der Waals surface area contributed by atoms with E-state index in [-0.39, 0.29) is 18.4 Å². The number of hydrogen-bond donors (Lipinski definition) is 2. The van der Waals surface area contributed by atoms with Gasteiger partial charge in [0.1, 0.15) is 5.01 Å². The third-order valence-corrected chi connectivity index (χ3v) is 6.39. The number of anilines is 1. The molecule has 1 heterocycles. The van der Waals surface area contributed by atoms with Crippen LogP contribution in [0.1, 0.15) is 25.3 Å². The average Bonchev–Trinajstić information content (AvgIpc) is 3.43. The van der Waals surface area contributed by atoms with Gasteiger partial charge in [-0.05, 0) is 75.7 Å².